The van der Waals surface area contributed by atoms with Crippen molar-refractivity contribution in [1.82, 2.24) is 4.90 Å². The zero-order valence-electron chi connectivity index (χ0n) is 15.0. The van der Waals surface area contributed by atoms with Crippen LogP contribution in [0.1, 0.15) is 38.7 Å². The molecule has 1 saturated heterocycles. The van der Waals surface area contributed by atoms with Crippen LogP contribution in [-0.2, 0) is 4.74 Å². The average Bonchev–Trinajstić information content (AvgIpc) is 2.52. The number of aliphatic hydroxyl groups excluding tert-OH is 1. The highest BCUT2D eigenvalue weighted by Gasteiger charge is 2.34. The predicted octanol–water partition coefficient (Wildman–Crippen LogP) is 2.79. The molecule has 0 unspecified atom stereocenters. The van der Waals surface area contributed by atoms with E-state index in [-0.39, 0.29) is 18.6 Å². The monoisotopic (exact) mass is 337 g/mol. The minimum atomic E-state index is -0.673. The van der Waals surface area contributed by atoms with Crippen molar-refractivity contribution in [2.24, 2.45) is 0 Å². The summed E-state index contributed by atoms with van der Waals surface area (Å²) in [6.45, 7) is 6.27. The molecule has 1 aromatic carbocycles. The lowest BCUT2D eigenvalue weighted by atomic mass is 9.86. The predicted molar refractivity (Wildman–Crippen MR) is 90.7 cm³/mol. The molecule has 24 heavy (non-hydrogen) atoms. The second-order valence-corrected chi connectivity index (χ2v) is 7.00. The summed E-state index contributed by atoms with van der Waals surface area (Å²) in [5, 5.41) is 10.6. The number of β-amino-alcohol motifs (C(OH)–C–C–N with tert-alkyl or cyclic N) is 1. The molecule has 0 bridgehead atoms. The number of carbonyl (C=O) groups excluding carboxylic acids is 1. The van der Waals surface area contributed by atoms with Gasteiger partial charge in [0.1, 0.15) is 17.1 Å². The number of nitrogens with zero attached hydrogens (tertiary/aromatic N) is 1. The molecule has 1 aliphatic heterocycles. The molecule has 2 atom stereocenters. The highest BCUT2D eigenvalue weighted by atomic mass is 16.6. The van der Waals surface area contributed by atoms with Crippen LogP contribution in [0.4, 0.5) is 4.79 Å². The number of likely N-dealkylation sites (tertiary alicyclic amines) is 1. The average molecular weight is 337 g/mol. The summed E-state index contributed by atoms with van der Waals surface area (Å²) in [6, 6.07) is 5.57. The number of piperidine rings is 1. The van der Waals surface area contributed by atoms with Crippen LogP contribution in [0.5, 0.6) is 11.5 Å². The fourth-order valence-corrected chi connectivity index (χ4v) is 2.91. The van der Waals surface area contributed by atoms with Gasteiger partial charge < -0.3 is 24.2 Å². The molecule has 1 fully saturated rings. The van der Waals surface area contributed by atoms with Gasteiger partial charge in [0.05, 0.1) is 26.9 Å². The Morgan fingerprint density at radius 3 is 2.50 bits per heavy atom. The number of ether oxygens (including phenoxy) is 3. The molecule has 6 nitrogen and oxygen atoms in total. The Morgan fingerprint density at radius 1 is 1.25 bits per heavy atom. The van der Waals surface area contributed by atoms with Crippen LogP contribution in [0.2, 0.25) is 0 Å². The van der Waals surface area contributed by atoms with E-state index in [0.717, 1.165) is 5.56 Å². The molecule has 134 valence electrons. The molecular formula is C18H27NO5. The Morgan fingerprint density at radius 2 is 1.96 bits per heavy atom. The Labute approximate surface area is 143 Å². The Bertz CT molecular complexity index is 581. The van der Waals surface area contributed by atoms with Crippen LogP contribution in [0.3, 0.4) is 0 Å². The summed E-state index contributed by atoms with van der Waals surface area (Å²) in [4.78, 5) is 13.7. The van der Waals surface area contributed by atoms with Gasteiger partial charge in [-0.05, 0) is 33.3 Å². The van der Waals surface area contributed by atoms with E-state index < -0.39 is 11.7 Å². The summed E-state index contributed by atoms with van der Waals surface area (Å²) < 4.78 is 16.0. The van der Waals surface area contributed by atoms with Crippen molar-refractivity contribution in [3.8, 4) is 11.5 Å². The maximum Gasteiger partial charge on any atom is 0.410 e. The SMILES string of the molecule is COc1ccc([C@H]2CCN(C(=O)OC(C)(C)C)C[C@H]2O)c(OC)c1. The lowest BCUT2D eigenvalue weighted by Gasteiger charge is -2.37. The van der Waals surface area contributed by atoms with E-state index in [1.54, 1.807) is 19.1 Å². The van der Waals surface area contributed by atoms with Crippen molar-refractivity contribution >= 4 is 6.09 Å². The van der Waals surface area contributed by atoms with Crippen LogP contribution in [0.25, 0.3) is 0 Å². The molecule has 1 aliphatic rings. The van der Waals surface area contributed by atoms with Crippen molar-refractivity contribution in [3.05, 3.63) is 23.8 Å². The van der Waals surface area contributed by atoms with Gasteiger partial charge >= 0.3 is 6.09 Å². The Hall–Kier alpha value is -1.95. The first kappa shape index (κ1) is 18.4. The standard InChI is InChI=1S/C18H27NO5/c1-18(2,3)24-17(21)19-9-8-13(15(20)11-19)14-7-6-12(22-4)10-16(14)23-5/h6-7,10,13,15,20H,8-9,11H2,1-5H3/t13-,15-/m1/s1. The first-order chi connectivity index (χ1) is 11.2. The first-order valence-electron chi connectivity index (χ1n) is 8.13. The lowest BCUT2D eigenvalue weighted by molar-refractivity contribution is -0.00169. The first-order valence-corrected chi connectivity index (χ1v) is 8.13. The molecule has 6 heteroatoms. The van der Waals surface area contributed by atoms with E-state index in [0.29, 0.717) is 24.5 Å². The third-order valence-electron chi connectivity index (χ3n) is 4.07. The number of benzene rings is 1. The van der Waals surface area contributed by atoms with Crippen LogP contribution in [-0.4, -0.2) is 55.1 Å². The van der Waals surface area contributed by atoms with Gasteiger partial charge in [0, 0.05) is 24.1 Å². The molecule has 1 N–H and O–H groups in total. The number of aliphatic hydroxyl groups is 1. The second kappa shape index (κ2) is 7.30. The largest absolute Gasteiger partial charge is 0.497 e. The maximum absolute atomic E-state index is 12.2. The number of methoxy groups -OCH3 is 2. The van der Waals surface area contributed by atoms with Crippen molar-refractivity contribution in [3.63, 3.8) is 0 Å². The van der Waals surface area contributed by atoms with Gasteiger partial charge in [-0.15, -0.1) is 0 Å². The Balaban J connectivity index is 2.10. The molecule has 0 aliphatic carbocycles. The van der Waals surface area contributed by atoms with Crippen molar-refractivity contribution in [1.29, 1.82) is 0 Å². The molecule has 2 rings (SSSR count). The van der Waals surface area contributed by atoms with Gasteiger partial charge in [-0.1, -0.05) is 6.07 Å². The summed E-state index contributed by atoms with van der Waals surface area (Å²) in [7, 11) is 3.20. The number of rotatable bonds is 3. The van der Waals surface area contributed by atoms with Gasteiger partial charge in [0.15, 0.2) is 0 Å². The smallest absolute Gasteiger partial charge is 0.410 e. The van der Waals surface area contributed by atoms with E-state index in [1.807, 2.05) is 39.0 Å². The van der Waals surface area contributed by atoms with Gasteiger partial charge in [0.25, 0.3) is 0 Å². The van der Waals surface area contributed by atoms with Gasteiger partial charge in [-0.3, -0.25) is 0 Å². The van der Waals surface area contributed by atoms with Crippen molar-refractivity contribution in [2.45, 2.75) is 44.8 Å². The zero-order chi connectivity index (χ0) is 17.9. The molecule has 1 amide bonds. The third-order valence-corrected chi connectivity index (χ3v) is 4.07. The lowest BCUT2D eigenvalue weighted by Crippen LogP contribution is -2.47. The van der Waals surface area contributed by atoms with E-state index >= 15 is 0 Å². The molecule has 0 radical (unpaired) electrons. The molecule has 0 spiro atoms. The molecule has 0 saturated carbocycles. The fourth-order valence-electron chi connectivity index (χ4n) is 2.91. The van der Waals surface area contributed by atoms with Crippen LogP contribution >= 0.6 is 0 Å². The van der Waals surface area contributed by atoms with Crippen molar-refractivity contribution < 1.29 is 24.1 Å². The molecule has 1 aromatic rings. The highest BCUT2D eigenvalue weighted by Crippen LogP contribution is 2.36. The normalized spacial score (nSPS) is 21.3. The van der Waals surface area contributed by atoms with E-state index in [9.17, 15) is 9.90 Å². The number of carbonyl (C=O) groups is 1. The number of hydrogen-bond donors (Lipinski definition) is 1. The van der Waals surface area contributed by atoms with E-state index in [2.05, 4.69) is 0 Å². The number of hydrogen-bond acceptors (Lipinski definition) is 5. The molecule has 1 heterocycles. The summed E-state index contributed by atoms with van der Waals surface area (Å²) in [5.74, 6) is 1.30. The quantitative estimate of drug-likeness (QED) is 0.918. The summed E-state index contributed by atoms with van der Waals surface area (Å²) in [5.41, 5.74) is 0.382. The summed E-state index contributed by atoms with van der Waals surface area (Å²) >= 11 is 0. The van der Waals surface area contributed by atoms with Crippen LogP contribution in [0, 0.1) is 0 Å². The fraction of sp³-hybridized carbons (Fsp3) is 0.611. The van der Waals surface area contributed by atoms with Crippen molar-refractivity contribution in [2.75, 3.05) is 27.3 Å². The number of amides is 1. The molecule has 0 aromatic heterocycles. The molecular weight excluding hydrogens is 310 g/mol. The zero-order valence-corrected chi connectivity index (χ0v) is 15.0. The van der Waals surface area contributed by atoms with E-state index in [4.69, 9.17) is 14.2 Å². The third kappa shape index (κ3) is 4.32. The van der Waals surface area contributed by atoms with Gasteiger partial charge in [0.2, 0.25) is 0 Å². The highest BCUT2D eigenvalue weighted by molar-refractivity contribution is 5.68. The minimum absolute atomic E-state index is 0.0930. The maximum atomic E-state index is 12.2. The minimum Gasteiger partial charge on any atom is -0.497 e. The second-order valence-electron chi connectivity index (χ2n) is 7.00. The van der Waals surface area contributed by atoms with Gasteiger partial charge in [-0.25, -0.2) is 4.79 Å². The topological polar surface area (TPSA) is 68.2 Å². The van der Waals surface area contributed by atoms with Crippen LogP contribution < -0.4 is 9.47 Å². The van der Waals surface area contributed by atoms with Crippen LogP contribution in [0.15, 0.2) is 18.2 Å². The Kier molecular flexibility index (Phi) is 5.59. The van der Waals surface area contributed by atoms with Gasteiger partial charge in [-0.2, -0.15) is 0 Å². The van der Waals surface area contributed by atoms with E-state index in [1.165, 1.54) is 0 Å². The summed E-state index contributed by atoms with van der Waals surface area (Å²) in [6.07, 6.45) is -0.418.